The van der Waals surface area contributed by atoms with Crippen molar-refractivity contribution >= 4 is 11.8 Å². The molecule has 1 aromatic heterocycles. The predicted molar refractivity (Wildman–Crippen MR) is 65.8 cm³/mol. The van der Waals surface area contributed by atoms with Gasteiger partial charge in [-0.15, -0.1) is 0 Å². The van der Waals surface area contributed by atoms with E-state index >= 15 is 0 Å². The van der Waals surface area contributed by atoms with Crippen LogP contribution < -0.4 is 10.6 Å². The van der Waals surface area contributed by atoms with Crippen LogP contribution in [0.25, 0.3) is 0 Å². The van der Waals surface area contributed by atoms with E-state index in [1.54, 1.807) is 13.2 Å². The number of hydrogen-bond donors (Lipinski definition) is 2. The summed E-state index contributed by atoms with van der Waals surface area (Å²) in [5, 5.41) is 6.12. The number of anilines is 2. The lowest BCUT2D eigenvalue weighted by molar-refractivity contribution is 0.134. The molecule has 1 rings (SSSR count). The van der Waals surface area contributed by atoms with Gasteiger partial charge in [-0.05, 0) is 18.9 Å². The van der Waals surface area contributed by atoms with Crippen molar-refractivity contribution in [3.63, 3.8) is 0 Å². The molecule has 0 aromatic carbocycles. The Morgan fingerprint density at radius 1 is 1.38 bits per heavy atom. The van der Waals surface area contributed by atoms with E-state index in [2.05, 4.69) is 27.5 Å². The van der Waals surface area contributed by atoms with Gasteiger partial charge >= 0.3 is 0 Å². The summed E-state index contributed by atoms with van der Waals surface area (Å²) in [6.07, 6.45) is 3.79. The van der Waals surface area contributed by atoms with Crippen molar-refractivity contribution in [3.05, 3.63) is 12.3 Å². The van der Waals surface area contributed by atoms with Gasteiger partial charge in [-0.3, -0.25) is 0 Å². The van der Waals surface area contributed by atoms with E-state index in [0.717, 1.165) is 38.4 Å². The third-order valence-corrected chi connectivity index (χ3v) is 2.00. The van der Waals surface area contributed by atoms with Crippen LogP contribution >= 0.6 is 0 Å². The van der Waals surface area contributed by atoms with Crippen molar-refractivity contribution in [1.29, 1.82) is 0 Å². The Balaban J connectivity index is 2.16. The predicted octanol–water partition coefficient (Wildman–Crippen LogP) is 1.75. The molecule has 5 nitrogen and oxygen atoms in total. The van der Waals surface area contributed by atoms with Crippen LogP contribution in [0.4, 0.5) is 11.8 Å². The Bertz CT molecular complexity index is 293. The Kier molecular flexibility index (Phi) is 6.25. The monoisotopic (exact) mass is 224 g/mol. The summed E-state index contributed by atoms with van der Waals surface area (Å²) in [7, 11) is 1.80. The molecule has 0 fully saturated rings. The van der Waals surface area contributed by atoms with Crippen molar-refractivity contribution in [2.24, 2.45) is 0 Å². The summed E-state index contributed by atoms with van der Waals surface area (Å²) in [6, 6.07) is 1.85. The zero-order valence-corrected chi connectivity index (χ0v) is 9.99. The summed E-state index contributed by atoms with van der Waals surface area (Å²) in [4.78, 5) is 8.29. The molecule has 1 heterocycles. The van der Waals surface area contributed by atoms with Crippen LogP contribution in [0.1, 0.15) is 19.8 Å². The van der Waals surface area contributed by atoms with Gasteiger partial charge in [0, 0.05) is 33.0 Å². The highest BCUT2D eigenvalue weighted by atomic mass is 16.5. The van der Waals surface area contributed by atoms with E-state index in [4.69, 9.17) is 4.74 Å². The molecular weight excluding hydrogens is 204 g/mol. The maximum Gasteiger partial charge on any atom is 0.224 e. The first-order valence-electron chi connectivity index (χ1n) is 5.69. The van der Waals surface area contributed by atoms with Crippen LogP contribution in [0.2, 0.25) is 0 Å². The number of ether oxygens (including phenoxy) is 1. The number of hydrogen-bond acceptors (Lipinski definition) is 5. The van der Waals surface area contributed by atoms with Crippen LogP contribution in [-0.2, 0) is 4.74 Å². The van der Waals surface area contributed by atoms with E-state index < -0.39 is 0 Å². The van der Waals surface area contributed by atoms with E-state index in [0.29, 0.717) is 5.95 Å². The average Bonchev–Trinajstić information content (AvgIpc) is 2.34. The molecule has 16 heavy (non-hydrogen) atoms. The Hall–Kier alpha value is -1.36. The van der Waals surface area contributed by atoms with Crippen molar-refractivity contribution in [2.75, 3.05) is 37.4 Å². The molecule has 0 unspecified atom stereocenters. The summed E-state index contributed by atoms with van der Waals surface area (Å²) in [5.74, 6) is 1.47. The van der Waals surface area contributed by atoms with Crippen molar-refractivity contribution in [3.8, 4) is 0 Å². The highest BCUT2D eigenvalue weighted by Gasteiger charge is 1.95. The summed E-state index contributed by atoms with van der Waals surface area (Å²) in [6.45, 7) is 4.62. The van der Waals surface area contributed by atoms with Crippen molar-refractivity contribution in [1.82, 2.24) is 9.97 Å². The second-order valence-corrected chi connectivity index (χ2v) is 3.41. The summed E-state index contributed by atoms with van der Waals surface area (Å²) >= 11 is 0. The molecule has 0 spiro atoms. The lowest BCUT2D eigenvalue weighted by Crippen LogP contribution is -2.08. The fourth-order valence-electron chi connectivity index (χ4n) is 1.21. The van der Waals surface area contributed by atoms with Crippen LogP contribution in [0.3, 0.4) is 0 Å². The number of nitrogens with one attached hydrogen (secondary N) is 2. The Morgan fingerprint density at radius 2 is 2.25 bits per heavy atom. The number of nitrogens with zero attached hydrogens (tertiary/aromatic N) is 2. The smallest absolute Gasteiger partial charge is 0.224 e. The van der Waals surface area contributed by atoms with Crippen LogP contribution in [-0.4, -0.2) is 36.8 Å². The molecule has 0 radical (unpaired) electrons. The second kappa shape index (κ2) is 7.87. The fourth-order valence-corrected chi connectivity index (χ4v) is 1.21. The van der Waals surface area contributed by atoms with Gasteiger partial charge in [0.05, 0.1) is 0 Å². The van der Waals surface area contributed by atoms with Gasteiger partial charge in [0.1, 0.15) is 5.82 Å². The molecule has 0 aliphatic heterocycles. The normalized spacial score (nSPS) is 10.1. The standard InChI is InChI=1S/C11H20N4O/c1-3-8-16-9-4-6-13-10-5-7-14-11(12-2)15-10/h5,7H,3-4,6,8-9H2,1-2H3,(H2,12,13,14,15). The molecule has 90 valence electrons. The van der Waals surface area contributed by atoms with E-state index in [-0.39, 0.29) is 0 Å². The minimum Gasteiger partial charge on any atom is -0.381 e. The zero-order valence-electron chi connectivity index (χ0n) is 9.99. The zero-order chi connectivity index (χ0) is 11.6. The second-order valence-electron chi connectivity index (χ2n) is 3.41. The minimum absolute atomic E-state index is 0.632. The summed E-state index contributed by atoms with van der Waals surface area (Å²) < 4.78 is 5.38. The molecule has 5 heteroatoms. The highest BCUT2D eigenvalue weighted by Crippen LogP contribution is 2.04. The van der Waals surface area contributed by atoms with Gasteiger partial charge in [-0.25, -0.2) is 4.98 Å². The van der Waals surface area contributed by atoms with Gasteiger partial charge in [0.2, 0.25) is 5.95 Å². The molecule has 0 bridgehead atoms. The molecule has 0 aliphatic carbocycles. The molecular formula is C11H20N4O. The average molecular weight is 224 g/mol. The quantitative estimate of drug-likeness (QED) is 0.659. The molecule has 0 atom stereocenters. The lowest BCUT2D eigenvalue weighted by atomic mass is 10.4. The van der Waals surface area contributed by atoms with E-state index in [9.17, 15) is 0 Å². The maximum atomic E-state index is 5.38. The molecule has 0 saturated carbocycles. The SMILES string of the molecule is CCCOCCCNc1ccnc(NC)n1. The van der Waals surface area contributed by atoms with Crippen LogP contribution in [0.15, 0.2) is 12.3 Å². The first-order valence-corrected chi connectivity index (χ1v) is 5.69. The number of aromatic nitrogens is 2. The number of rotatable bonds is 8. The van der Waals surface area contributed by atoms with Gasteiger partial charge in [0.15, 0.2) is 0 Å². The van der Waals surface area contributed by atoms with E-state index in [1.807, 2.05) is 6.07 Å². The van der Waals surface area contributed by atoms with Crippen LogP contribution in [0.5, 0.6) is 0 Å². The maximum absolute atomic E-state index is 5.38. The van der Waals surface area contributed by atoms with Gasteiger partial charge in [-0.2, -0.15) is 4.98 Å². The topological polar surface area (TPSA) is 59.1 Å². The third kappa shape index (κ3) is 4.93. The van der Waals surface area contributed by atoms with Gasteiger partial charge in [0.25, 0.3) is 0 Å². The minimum atomic E-state index is 0.632. The summed E-state index contributed by atoms with van der Waals surface area (Å²) in [5.41, 5.74) is 0. The first kappa shape index (κ1) is 12.7. The van der Waals surface area contributed by atoms with E-state index in [1.165, 1.54) is 0 Å². The van der Waals surface area contributed by atoms with Gasteiger partial charge in [-0.1, -0.05) is 6.92 Å². The molecule has 1 aromatic rings. The first-order chi connectivity index (χ1) is 7.86. The lowest BCUT2D eigenvalue weighted by Gasteiger charge is -2.06. The molecule has 0 aliphatic rings. The van der Waals surface area contributed by atoms with Crippen molar-refractivity contribution < 1.29 is 4.74 Å². The molecule has 0 amide bonds. The molecule has 2 N–H and O–H groups in total. The van der Waals surface area contributed by atoms with Gasteiger partial charge < -0.3 is 15.4 Å². The highest BCUT2D eigenvalue weighted by molar-refractivity contribution is 5.38. The van der Waals surface area contributed by atoms with Crippen molar-refractivity contribution in [2.45, 2.75) is 19.8 Å². The fraction of sp³-hybridized carbons (Fsp3) is 0.636. The largest absolute Gasteiger partial charge is 0.381 e. The Labute approximate surface area is 96.6 Å². The Morgan fingerprint density at radius 3 is 3.00 bits per heavy atom. The molecule has 0 saturated heterocycles. The third-order valence-electron chi connectivity index (χ3n) is 2.00. The van der Waals surface area contributed by atoms with Crippen LogP contribution in [0, 0.1) is 0 Å².